The molecule has 1 amide bonds. The average molecular weight is 324 g/mol. The van der Waals surface area contributed by atoms with Gasteiger partial charge in [-0.1, -0.05) is 17.7 Å². The second kappa shape index (κ2) is 6.57. The molecule has 2 aliphatic rings. The molecule has 0 bridgehead atoms. The molecule has 0 radical (unpaired) electrons. The molecule has 0 aliphatic carbocycles. The number of halogens is 1. The molecule has 0 aromatic heterocycles. The fraction of sp³-hybridized carbons (Fsp3) is 0.588. The van der Waals surface area contributed by atoms with E-state index in [1.165, 1.54) is 0 Å². The first-order valence-corrected chi connectivity index (χ1v) is 8.14. The lowest BCUT2D eigenvalue weighted by Crippen LogP contribution is -2.39. The quantitative estimate of drug-likeness (QED) is 0.858. The summed E-state index contributed by atoms with van der Waals surface area (Å²) in [7, 11) is 1.73. The number of likely N-dealkylation sites (tertiary alicyclic amines) is 1. The third-order valence-electron chi connectivity index (χ3n) is 5.03. The van der Waals surface area contributed by atoms with E-state index in [1.807, 2.05) is 17.0 Å². The van der Waals surface area contributed by atoms with E-state index in [-0.39, 0.29) is 11.3 Å². The molecule has 1 aromatic carbocycles. The summed E-state index contributed by atoms with van der Waals surface area (Å²) >= 11 is 6.01. The topological polar surface area (TPSA) is 38.8 Å². The van der Waals surface area contributed by atoms with E-state index in [9.17, 15) is 4.79 Å². The second-order valence-corrected chi connectivity index (χ2v) is 6.76. The normalized spacial score (nSPS) is 23.9. The van der Waals surface area contributed by atoms with Crippen molar-refractivity contribution in [2.24, 2.45) is 11.3 Å². The molecule has 3 rings (SSSR count). The van der Waals surface area contributed by atoms with E-state index >= 15 is 0 Å². The minimum Gasteiger partial charge on any atom is -0.384 e. The van der Waals surface area contributed by atoms with E-state index in [4.69, 9.17) is 21.1 Å². The Hall–Kier alpha value is -1.10. The van der Waals surface area contributed by atoms with Crippen molar-refractivity contribution in [1.29, 1.82) is 0 Å². The van der Waals surface area contributed by atoms with E-state index in [1.54, 1.807) is 19.2 Å². The molecule has 22 heavy (non-hydrogen) atoms. The van der Waals surface area contributed by atoms with Gasteiger partial charge < -0.3 is 14.4 Å². The zero-order valence-corrected chi connectivity index (χ0v) is 13.6. The third kappa shape index (κ3) is 3.00. The third-order valence-corrected chi connectivity index (χ3v) is 5.26. The highest BCUT2D eigenvalue weighted by molar-refractivity contribution is 6.30. The molecular weight excluding hydrogens is 302 g/mol. The van der Waals surface area contributed by atoms with Crippen LogP contribution in [0.15, 0.2) is 24.3 Å². The van der Waals surface area contributed by atoms with Gasteiger partial charge in [0.1, 0.15) is 0 Å². The molecule has 2 saturated heterocycles. The average Bonchev–Trinajstić information content (AvgIpc) is 2.86. The number of nitrogens with zero attached hydrogens (tertiary/aromatic N) is 1. The Morgan fingerprint density at radius 2 is 2.23 bits per heavy atom. The van der Waals surface area contributed by atoms with Crippen LogP contribution < -0.4 is 0 Å². The van der Waals surface area contributed by atoms with Crippen LogP contribution in [0.4, 0.5) is 0 Å². The largest absolute Gasteiger partial charge is 0.384 e. The van der Waals surface area contributed by atoms with Crippen LogP contribution in [-0.2, 0) is 9.47 Å². The van der Waals surface area contributed by atoms with Crippen LogP contribution in [0.5, 0.6) is 0 Å². The zero-order chi connectivity index (χ0) is 15.6. The van der Waals surface area contributed by atoms with E-state index in [0.717, 1.165) is 39.1 Å². The summed E-state index contributed by atoms with van der Waals surface area (Å²) in [5.41, 5.74) is 0.801. The Morgan fingerprint density at radius 3 is 2.91 bits per heavy atom. The van der Waals surface area contributed by atoms with Gasteiger partial charge in [0, 0.05) is 49.9 Å². The highest BCUT2D eigenvalue weighted by Crippen LogP contribution is 2.44. The Kier molecular flexibility index (Phi) is 4.71. The van der Waals surface area contributed by atoms with Crippen molar-refractivity contribution in [3.63, 3.8) is 0 Å². The summed E-state index contributed by atoms with van der Waals surface area (Å²) in [6, 6.07) is 7.18. The van der Waals surface area contributed by atoms with Gasteiger partial charge in [0.2, 0.25) is 0 Å². The van der Waals surface area contributed by atoms with E-state index in [2.05, 4.69) is 0 Å². The van der Waals surface area contributed by atoms with Gasteiger partial charge in [-0.3, -0.25) is 4.79 Å². The summed E-state index contributed by atoms with van der Waals surface area (Å²) < 4.78 is 10.9. The Bertz CT molecular complexity index is 542. The summed E-state index contributed by atoms with van der Waals surface area (Å²) in [4.78, 5) is 14.7. The predicted octanol–water partition coefficient (Wildman–Crippen LogP) is 2.86. The minimum absolute atomic E-state index is 0.0620. The van der Waals surface area contributed by atoms with E-state index in [0.29, 0.717) is 23.1 Å². The van der Waals surface area contributed by atoms with Crippen molar-refractivity contribution in [2.45, 2.75) is 12.8 Å². The van der Waals surface area contributed by atoms with Crippen LogP contribution in [0.25, 0.3) is 0 Å². The fourth-order valence-electron chi connectivity index (χ4n) is 3.77. The summed E-state index contributed by atoms with van der Waals surface area (Å²) in [6.45, 7) is 3.78. The van der Waals surface area contributed by atoms with Gasteiger partial charge in [-0.15, -0.1) is 0 Å². The van der Waals surface area contributed by atoms with Crippen LogP contribution in [-0.4, -0.2) is 50.8 Å². The van der Waals surface area contributed by atoms with Gasteiger partial charge in [0.15, 0.2) is 0 Å². The molecular formula is C17H22ClNO3. The number of benzene rings is 1. The lowest BCUT2D eigenvalue weighted by Gasteiger charge is -2.37. The van der Waals surface area contributed by atoms with Crippen LogP contribution in [0.3, 0.4) is 0 Å². The smallest absolute Gasteiger partial charge is 0.253 e. The van der Waals surface area contributed by atoms with Crippen LogP contribution >= 0.6 is 11.6 Å². The molecule has 1 spiro atoms. The van der Waals surface area contributed by atoms with Gasteiger partial charge in [0.25, 0.3) is 5.91 Å². The second-order valence-electron chi connectivity index (χ2n) is 6.32. The lowest BCUT2D eigenvalue weighted by molar-refractivity contribution is -0.0169. The molecule has 2 fully saturated rings. The SMILES string of the molecule is COCC1CN(C(=O)c2cccc(Cl)c2)CC12CCOCC2. The Morgan fingerprint density at radius 1 is 1.45 bits per heavy atom. The maximum atomic E-state index is 12.8. The van der Waals surface area contributed by atoms with Gasteiger partial charge >= 0.3 is 0 Å². The maximum absolute atomic E-state index is 12.8. The van der Waals surface area contributed by atoms with Crippen molar-refractivity contribution in [1.82, 2.24) is 4.90 Å². The Labute approximate surface area is 136 Å². The fourth-order valence-corrected chi connectivity index (χ4v) is 3.96. The van der Waals surface area contributed by atoms with Gasteiger partial charge in [0.05, 0.1) is 6.61 Å². The lowest BCUT2D eigenvalue weighted by atomic mass is 9.72. The van der Waals surface area contributed by atoms with Gasteiger partial charge in [-0.2, -0.15) is 0 Å². The molecule has 1 aromatic rings. The predicted molar refractivity (Wildman–Crippen MR) is 85.2 cm³/mol. The molecule has 5 heteroatoms. The molecule has 1 atom stereocenters. The number of carbonyl (C=O) groups is 1. The Balaban J connectivity index is 1.79. The van der Waals surface area contributed by atoms with Crippen molar-refractivity contribution in [3.05, 3.63) is 34.9 Å². The highest BCUT2D eigenvalue weighted by Gasteiger charge is 2.48. The van der Waals surface area contributed by atoms with Crippen LogP contribution in [0.1, 0.15) is 23.2 Å². The van der Waals surface area contributed by atoms with Crippen molar-refractivity contribution in [2.75, 3.05) is 40.0 Å². The van der Waals surface area contributed by atoms with Crippen molar-refractivity contribution >= 4 is 17.5 Å². The summed E-state index contributed by atoms with van der Waals surface area (Å²) in [5, 5.41) is 0.597. The van der Waals surface area contributed by atoms with Crippen LogP contribution in [0, 0.1) is 11.3 Å². The van der Waals surface area contributed by atoms with Crippen molar-refractivity contribution < 1.29 is 14.3 Å². The number of amides is 1. The van der Waals surface area contributed by atoms with Crippen LogP contribution in [0.2, 0.25) is 5.02 Å². The molecule has 1 unspecified atom stereocenters. The molecule has 2 heterocycles. The molecule has 4 nitrogen and oxygen atoms in total. The monoisotopic (exact) mass is 323 g/mol. The number of rotatable bonds is 3. The minimum atomic E-state index is 0.0620. The van der Waals surface area contributed by atoms with Gasteiger partial charge in [-0.05, 0) is 36.5 Å². The first kappa shape index (κ1) is 15.8. The maximum Gasteiger partial charge on any atom is 0.253 e. The van der Waals surface area contributed by atoms with E-state index < -0.39 is 0 Å². The number of hydrogen-bond acceptors (Lipinski definition) is 3. The standard InChI is InChI=1S/C17H22ClNO3/c1-21-11-14-10-19(12-17(14)5-7-22-8-6-17)16(20)13-3-2-4-15(18)9-13/h2-4,9,14H,5-8,10-12H2,1H3. The van der Waals surface area contributed by atoms with Gasteiger partial charge in [-0.25, -0.2) is 0 Å². The molecule has 120 valence electrons. The first-order chi connectivity index (χ1) is 10.6. The molecule has 0 N–H and O–H groups in total. The van der Waals surface area contributed by atoms with Crippen molar-refractivity contribution in [3.8, 4) is 0 Å². The summed E-state index contributed by atoms with van der Waals surface area (Å²) in [6.07, 6.45) is 2.00. The number of hydrogen-bond donors (Lipinski definition) is 0. The number of carbonyl (C=O) groups excluding carboxylic acids is 1. The first-order valence-electron chi connectivity index (χ1n) is 7.76. The summed E-state index contributed by atoms with van der Waals surface area (Å²) in [5.74, 6) is 0.441. The number of methoxy groups -OCH3 is 1. The zero-order valence-electron chi connectivity index (χ0n) is 12.9. The number of ether oxygens (including phenoxy) is 2. The highest BCUT2D eigenvalue weighted by atomic mass is 35.5. The molecule has 0 saturated carbocycles. The molecule has 2 aliphatic heterocycles.